The Kier molecular flexibility index (Phi) is 8.36. The summed E-state index contributed by atoms with van der Waals surface area (Å²) in [5.41, 5.74) is 2.10. The fraction of sp³-hybridized carbons (Fsp3) is 0.407. The van der Waals surface area contributed by atoms with Crippen molar-refractivity contribution in [3.63, 3.8) is 0 Å². The van der Waals surface area contributed by atoms with Crippen molar-refractivity contribution in [3.05, 3.63) is 54.0 Å². The van der Waals surface area contributed by atoms with Gasteiger partial charge in [0.1, 0.15) is 17.6 Å². The molecule has 3 aromatic rings. The standard InChI is InChI=1S/C27H31FN8O6/c1-3-41-26(39)31-13-19-16-36(27(40)42-19)18-4-5-21(20(28)12-18)33-8-10-34(11-9-33)23(37)15-30-25(38)24-17(2)32-22-14-29-6-7-35(22)24/h4-7,12,14,19H,3,8-11,13,15-16H2,1-2H3,(H,30,38)(H,31,39)/t19-/m0/s1. The van der Waals surface area contributed by atoms with E-state index in [0.717, 1.165) is 0 Å². The SMILES string of the molecule is CCOC(=O)NC[C@H]1CN(c2ccc(N3CCN(C(=O)CNC(=O)c4c(C)nc5cnccn45)CC3)c(F)c2)C(=O)O1. The Balaban J connectivity index is 1.12. The van der Waals surface area contributed by atoms with Crippen LogP contribution in [-0.2, 0) is 14.3 Å². The van der Waals surface area contributed by atoms with Crippen molar-refractivity contribution in [2.75, 3.05) is 62.2 Å². The Morgan fingerprint density at radius 2 is 1.95 bits per heavy atom. The van der Waals surface area contributed by atoms with Crippen molar-refractivity contribution in [3.8, 4) is 0 Å². The molecule has 15 heteroatoms. The third kappa shape index (κ3) is 6.04. The highest BCUT2D eigenvalue weighted by Crippen LogP contribution is 2.28. The second kappa shape index (κ2) is 12.3. The van der Waals surface area contributed by atoms with Gasteiger partial charge in [0.15, 0.2) is 5.65 Å². The number of rotatable bonds is 8. The molecule has 0 spiro atoms. The van der Waals surface area contributed by atoms with Gasteiger partial charge >= 0.3 is 12.2 Å². The van der Waals surface area contributed by atoms with Gasteiger partial charge in [-0.25, -0.2) is 19.0 Å². The number of amides is 4. The van der Waals surface area contributed by atoms with Gasteiger partial charge in [-0.15, -0.1) is 0 Å². The summed E-state index contributed by atoms with van der Waals surface area (Å²) in [6.07, 6.45) is 2.90. The monoisotopic (exact) mass is 582 g/mol. The van der Waals surface area contributed by atoms with E-state index >= 15 is 4.39 Å². The number of carbonyl (C=O) groups is 4. The molecule has 0 radical (unpaired) electrons. The minimum absolute atomic E-state index is 0.0757. The molecule has 2 aliphatic heterocycles. The molecule has 1 atom stereocenters. The number of ether oxygens (including phenoxy) is 2. The molecule has 0 unspecified atom stereocenters. The van der Waals surface area contributed by atoms with Gasteiger partial charge in [0, 0.05) is 38.6 Å². The van der Waals surface area contributed by atoms with Crippen molar-refractivity contribution in [1.29, 1.82) is 0 Å². The minimum atomic E-state index is -0.634. The average Bonchev–Trinajstić information content (AvgIpc) is 3.53. The Morgan fingerprint density at radius 1 is 1.17 bits per heavy atom. The third-order valence-electron chi connectivity index (χ3n) is 7.06. The molecular formula is C27H31FN8O6. The molecule has 4 heterocycles. The number of benzene rings is 1. The number of nitrogens with zero attached hydrogens (tertiary/aromatic N) is 6. The summed E-state index contributed by atoms with van der Waals surface area (Å²) in [7, 11) is 0. The van der Waals surface area contributed by atoms with Gasteiger partial charge in [-0.1, -0.05) is 0 Å². The van der Waals surface area contributed by atoms with E-state index in [4.69, 9.17) is 9.47 Å². The number of carbonyl (C=O) groups excluding carboxylic acids is 4. The number of piperazine rings is 1. The van der Waals surface area contributed by atoms with Crippen LogP contribution in [0.2, 0.25) is 0 Å². The van der Waals surface area contributed by atoms with E-state index in [1.54, 1.807) is 53.9 Å². The van der Waals surface area contributed by atoms with E-state index in [1.807, 2.05) is 4.90 Å². The first-order valence-electron chi connectivity index (χ1n) is 13.5. The zero-order valence-electron chi connectivity index (χ0n) is 23.2. The van der Waals surface area contributed by atoms with Gasteiger partial charge in [-0.05, 0) is 32.0 Å². The van der Waals surface area contributed by atoms with Crippen molar-refractivity contribution in [2.45, 2.75) is 20.0 Å². The van der Waals surface area contributed by atoms with Gasteiger partial charge in [0.2, 0.25) is 5.91 Å². The van der Waals surface area contributed by atoms with Crippen molar-refractivity contribution >= 4 is 41.0 Å². The predicted octanol–water partition coefficient (Wildman–Crippen LogP) is 1.33. The topological polar surface area (TPSA) is 151 Å². The summed E-state index contributed by atoms with van der Waals surface area (Å²) >= 11 is 0. The molecule has 14 nitrogen and oxygen atoms in total. The maximum absolute atomic E-state index is 15.2. The Bertz CT molecular complexity index is 1510. The van der Waals surface area contributed by atoms with Crippen LogP contribution in [0, 0.1) is 12.7 Å². The first-order chi connectivity index (χ1) is 20.2. The molecule has 1 aromatic carbocycles. The summed E-state index contributed by atoms with van der Waals surface area (Å²) in [6.45, 7) is 5.15. The smallest absolute Gasteiger partial charge is 0.414 e. The molecule has 2 aromatic heterocycles. The molecule has 0 aliphatic carbocycles. The number of cyclic esters (lactones) is 1. The van der Waals surface area contributed by atoms with E-state index in [0.29, 0.717) is 54.6 Å². The molecule has 4 amide bonds. The lowest BCUT2D eigenvalue weighted by Crippen LogP contribution is -2.51. The minimum Gasteiger partial charge on any atom is -0.450 e. The van der Waals surface area contributed by atoms with Gasteiger partial charge in [-0.3, -0.25) is 23.9 Å². The molecule has 222 valence electrons. The highest BCUT2D eigenvalue weighted by atomic mass is 19.1. The van der Waals surface area contributed by atoms with Crippen LogP contribution in [0.1, 0.15) is 23.1 Å². The summed E-state index contributed by atoms with van der Waals surface area (Å²) < 4.78 is 26.8. The molecule has 0 bridgehead atoms. The summed E-state index contributed by atoms with van der Waals surface area (Å²) in [4.78, 5) is 62.5. The number of halogens is 1. The fourth-order valence-corrected chi connectivity index (χ4v) is 4.98. The Hall–Kier alpha value is -4.95. The summed E-state index contributed by atoms with van der Waals surface area (Å²) in [5, 5.41) is 5.19. The molecule has 0 saturated carbocycles. The van der Waals surface area contributed by atoms with Crippen LogP contribution in [0.4, 0.5) is 25.4 Å². The maximum Gasteiger partial charge on any atom is 0.414 e. The lowest BCUT2D eigenvalue weighted by molar-refractivity contribution is -0.130. The van der Waals surface area contributed by atoms with Crippen molar-refractivity contribution < 1.29 is 33.0 Å². The third-order valence-corrected chi connectivity index (χ3v) is 7.06. The Labute approximate surface area is 240 Å². The van der Waals surface area contributed by atoms with E-state index in [9.17, 15) is 19.2 Å². The number of fused-ring (bicyclic) bond motifs is 1. The van der Waals surface area contributed by atoms with Crippen LogP contribution in [0.5, 0.6) is 0 Å². The van der Waals surface area contributed by atoms with Crippen LogP contribution in [0.15, 0.2) is 36.8 Å². The number of imidazole rings is 1. The summed E-state index contributed by atoms with van der Waals surface area (Å²) in [6, 6.07) is 4.49. The molecule has 2 N–H and O–H groups in total. The second-order valence-electron chi connectivity index (χ2n) is 9.75. The van der Waals surface area contributed by atoms with Gasteiger partial charge < -0.3 is 29.9 Å². The van der Waals surface area contributed by atoms with Gasteiger partial charge in [-0.2, -0.15) is 0 Å². The van der Waals surface area contributed by atoms with E-state index in [1.165, 1.54) is 11.0 Å². The lowest BCUT2D eigenvalue weighted by Gasteiger charge is -2.36. The molecular weight excluding hydrogens is 551 g/mol. The van der Waals surface area contributed by atoms with Crippen LogP contribution >= 0.6 is 0 Å². The number of nitrogens with one attached hydrogen (secondary N) is 2. The Morgan fingerprint density at radius 3 is 2.69 bits per heavy atom. The second-order valence-corrected chi connectivity index (χ2v) is 9.75. The fourth-order valence-electron chi connectivity index (χ4n) is 4.98. The zero-order valence-corrected chi connectivity index (χ0v) is 23.2. The number of anilines is 2. The number of hydrogen-bond donors (Lipinski definition) is 2. The largest absolute Gasteiger partial charge is 0.450 e. The molecule has 2 saturated heterocycles. The van der Waals surface area contributed by atoms with Gasteiger partial charge in [0.25, 0.3) is 5.91 Å². The first kappa shape index (κ1) is 28.6. The first-order valence-corrected chi connectivity index (χ1v) is 13.5. The highest BCUT2D eigenvalue weighted by Gasteiger charge is 2.33. The van der Waals surface area contributed by atoms with Crippen LogP contribution in [0.25, 0.3) is 5.65 Å². The average molecular weight is 583 g/mol. The maximum atomic E-state index is 15.2. The number of hydrogen-bond acceptors (Lipinski definition) is 9. The predicted molar refractivity (Wildman–Crippen MR) is 148 cm³/mol. The quantitative estimate of drug-likeness (QED) is 0.401. The van der Waals surface area contributed by atoms with Gasteiger partial charge in [0.05, 0.1) is 49.5 Å². The van der Waals surface area contributed by atoms with Crippen LogP contribution < -0.4 is 20.4 Å². The lowest BCUT2D eigenvalue weighted by atomic mass is 10.2. The highest BCUT2D eigenvalue weighted by molar-refractivity contribution is 5.97. The number of aromatic nitrogens is 3. The molecule has 2 aliphatic rings. The number of aryl methyl sites for hydroxylation is 1. The molecule has 5 rings (SSSR count). The van der Waals surface area contributed by atoms with E-state index in [2.05, 4.69) is 20.6 Å². The summed E-state index contributed by atoms with van der Waals surface area (Å²) in [5.74, 6) is -1.17. The number of alkyl carbamates (subject to hydrolysis) is 1. The van der Waals surface area contributed by atoms with E-state index < -0.39 is 30.0 Å². The molecule has 2 fully saturated rings. The van der Waals surface area contributed by atoms with Crippen molar-refractivity contribution in [1.82, 2.24) is 29.9 Å². The molecule has 42 heavy (non-hydrogen) atoms. The van der Waals surface area contributed by atoms with E-state index in [-0.39, 0.29) is 32.1 Å². The normalized spacial score (nSPS) is 16.9. The van der Waals surface area contributed by atoms with Crippen LogP contribution in [-0.4, -0.2) is 102 Å². The van der Waals surface area contributed by atoms with Crippen LogP contribution in [0.3, 0.4) is 0 Å². The zero-order chi connectivity index (χ0) is 29.8. The van der Waals surface area contributed by atoms with Crippen molar-refractivity contribution in [2.24, 2.45) is 0 Å².